The first-order valence-corrected chi connectivity index (χ1v) is 16.3. The lowest BCUT2D eigenvalue weighted by atomic mass is 9.83. The van der Waals surface area contributed by atoms with Crippen molar-refractivity contribution in [1.29, 1.82) is 0 Å². The normalized spacial score (nSPS) is 15.9. The second kappa shape index (κ2) is 12.8. The predicted octanol–water partition coefficient (Wildman–Crippen LogP) is 7.24. The van der Waals surface area contributed by atoms with Crippen LogP contribution in [0.25, 0.3) is 21.7 Å². The minimum absolute atomic E-state index is 0.0133. The van der Waals surface area contributed by atoms with Crippen LogP contribution in [0.1, 0.15) is 23.7 Å². The van der Waals surface area contributed by atoms with Gasteiger partial charge in [-0.3, -0.25) is 5.32 Å². The molecule has 0 aliphatic carbocycles. The summed E-state index contributed by atoms with van der Waals surface area (Å²) in [5.41, 5.74) is -0.771. The van der Waals surface area contributed by atoms with Gasteiger partial charge in [-0.05, 0) is 44.2 Å². The van der Waals surface area contributed by atoms with Gasteiger partial charge >= 0.3 is 12.1 Å². The standard InChI is InChI=1S/C31H26N2O7S.CHCl3/c1-4-39-29(34)31(24-18-26(38-3)22-10-6-7-11-23(22)28(24)40-30(35)32-31)27-17-20-9-5-8-12-25(20)33(27)41(36,37)21-15-13-19(2)14-16-21;2-1(3)4/h5-18H,4H2,1-3H3,(H,32,35);1H/t31-;/m1./s1. The van der Waals surface area contributed by atoms with Gasteiger partial charge < -0.3 is 14.2 Å². The lowest BCUT2D eigenvalue weighted by Crippen LogP contribution is -2.58. The number of hydrogen-bond donors (Lipinski definition) is 1. The van der Waals surface area contributed by atoms with E-state index in [-0.39, 0.29) is 28.5 Å². The summed E-state index contributed by atoms with van der Waals surface area (Å²) < 4.78 is 46.0. The maximum absolute atomic E-state index is 14.4. The van der Waals surface area contributed by atoms with Crippen molar-refractivity contribution in [2.75, 3.05) is 13.7 Å². The van der Waals surface area contributed by atoms with Crippen molar-refractivity contribution >= 4 is 78.6 Å². The number of para-hydroxylation sites is 1. The number of alkyl halides is 3. The number of carbonyl (C=O) groups excluding carboxylic acids is 2. The molecule has 2 heterocycles. The number of methoxy groups -OCH3 is 1. The van der Waals surface area contributed by atoms with Crippen molar-refractivity contribution < 1.29 is 32.2 Å². The van der Waals surface area contributed by atoms with Crippen LogP contribution in [0.5, 0.6) is 11.5 Å². The van der Waals surface area contributed by atoms with E-state index in [1.807, 2.05) is 13.0 Å². The number of hydrogen-bond acceptors (Lipinski definition) is 7. The van der Waals surface area contributed by atoms with Crippen LogP contribution in [0.2, 0.25) is 0 Å². The quantitative estimate of drug-likeness (QED) is 0.148. The second-order valence-electron chi connectivity index (χ2n) is 9.90. The molecule has 9 nitrogen and oxygen atoms in total. The van der Waals surface area contributed by atoms with Gasteiger partial charge in [0, 0.05) is 21.7 Å². The number of aryl methyl sites for hydroxylation is 1. The minimum Gasteiger partial charge on any atom is -0.496 e. The van der Waals surface area contributed by atoms with E-state index in [2.05, 4.69) is 5.32 Å². The Balaban J connectivity index is 0.000000945. The van der Waals surface area contributed by atoms with Crippen molar-refractivity contribution in [2.24, 2.45) is 0 Å². The zero-order valence-electron chi connectivity index (χ0n) is 24.2. The highest BCUT2D eigenvalue weighted by atomic mass is 35.6. The van der Waals surface area contributed by atoms with Crippen molar-refractivity contribution in [3.05, 3.63) is 102 Å². The molecular formula is C32H27Cl3N2O7S. The molecule has 0 bridgehead atoms. The van der Waals surface area contributed by atoms with Crippen LogP contribution >= 0.6 is 34.8 Å². The van der Waals surface area contributed by atoms with E-state index in [0.29, 0.717) is 27.4 Å². The highest BCUT2D eigenvalue weighted by Gasteiger charge is 2.54. The number of ether oxygens (including phenoxy) is 3. The number of nitrogens with one attached hydrogen (secondary N) is 1. The topological polar surface area (TPSA) is 113 Å². The lowest BCUT2D eigenvalue weighted by molar-refractivity contribution is -0.150. The van der Waals surface area contributed by atoms with Crippen molar-refractivity contribution in [2.45, 2.75) is 28.6 Å². The number of esters is 1. The monoisotopic (exact) mass is 688 g/mol. The van der Waals surface area contributed by atoms with Crippen molar-refractivity contribution in [3.8, 4) is 11.5 Å². The van der Waals surface area contributed by atoms with Gasteiger partial charge in [-0.15, -0.1) is 0 Å². The van der Waals surface area contributed by atoms with E-state index in [0.717, 1.165) is 9.54 Å². The highest BCUT2D eigenvalue weighted by Crippen LogP contribution is 2.48. The van der Waals surface area contributed by atoms with Crippen LogP contribution in [0.3, 0.4) is 0 Å². The van der Waals surface area contributed by atoms with E-state index in [1.54, 1.807) is 73.7 Å². The van der Waals surface area contributed by atoms with Gasteiger partial charge in [0.1, 0.15) is 11.5 Å². The number of aromatic nitrogens is 1. The maximum atomic E-state index is 14.4. The Hall–Kier alpha value is -3.96. The molecule has 6 rings (SSSR count). The van der Waals surface area contributed by atoms with Crippen LogP contribution in [-0.2, 0) is 25.1 Å². The smallest absolute Gasteiger partial charge is 0.414 e. The van der Waals surface area contributed by atoms with E-state index in [1.165, 1.54) is 19.2 Å². The SMILES string of the molecule is CCOC(=O)[C@@]1(c2cc3ccccc3n2S(=O)(=O)c2ccc(C)cc2)NC(=O)Oc2c1cc(OC)c1ccccc21.ClC(Cl)Cl. The summed E-state index contributed by atoms with van der Waals surface area (Å²) in [4.78, 5) is 27.4. The molecule has 0 unspecified atom stereocenters. The number of halogens is 3. The molecule has 1 N–H and O–H groups in total. The molecule has 1 aromatic heterocycles. The van der Waals surface area contributed by atoms with Crippen LogP contribution in [-0.4, -0.2) is 42.5 Å². The number of benzene rings is 4. The number of amides is 1. The van der Waals surface area contributed by atoms with Crippen LogP contribution in [0.15, 0.2) is 89.8 Å². The first kappa shape index (κ1) is 32.4. The molecule has 45 heavy (non-hydrogen) atoms. The van der Waals surface area contributed by atoms with Gasteiger partial charge in [-0.2, -0.15) is 0 Å². The molecule has 0 saturated carbocycles. The average molecular weight is 690 g/mol. The number of nitrogens with zero attached hydrogens (tertiary/aromatic N) is 1. The largest absolute Gasteiger partial charge is 0.496 e. The molecule has 0 spiro atoms. The fourth-order valence-corrected chi connectivity index (χ4v) is 6.95. The Morgan fingerprint density at radius 1 is 0.978 bits per heavy atom. The maximum Gasteiger partial charge on any atom is 0.414 e. The van der Waals surface area contributed by atoms with E-state index < -0.39 is 31.9 Å². The number of carbonyl (C=O) groups is 2. The third-order valence-corrected chi connectivity index (χ3v) is 9.00. The van der Waals surface area contributed by atoms with E-state index in [4.69, 9.17) is 49.0 Å². The molecule has 1 aliphatic heterocycles. The third kappa shape index (κ3) is 5.79. The molecule has 1 aliphatic rings. The highest BCUT2D eigenvalue weighted by molar-refractivity contribution is 7.90. The van der Waals surface area contributed by atoms with Crippen LogP contribution < -0.4 is 14.8 Å². The zero-order chi connectivity index (χ0) is 32.5. The Morgan fingerprint density at radius 3 is 2.24 bits per heavy atom. The molecule has 13 heteroatoms. The Labute approximate surface area is 274 Å². The van der Waals surface area contributed by atoms with Crippen molar-refractivity contribution in [3.63, 3.8) is 0 Å². The summed E-state index contributed by atoms with van der Waals surface area (Å²) in [6.45, 7) is 3.46. The lowest BCUT2D eigenvalue weighted by Gasteiger charge is -2.37. The summed E-state index contributed by atoms with van der Waals surface area (Å²) in [5, 5.41) is 4.36. The summed E-state index contributed by atoms with van der Waals surface area (Å²) in [5.74, 6) is -0.377. The van der Waals surface area contributed by atoms with Gasteiger partial charge in [-0.1, -0.05) is 95.0 Å². The average Bonchev–Trinajstić information content (AvgIpc) is 3.41. The Bertz CT molecular complexity index is 2030. The summed E-state index contributed by atoms with van der Waals surface area (Å²) in [6.07, 6.45) is -0.939. The first-order chi connectivity index (χ1) is 21.4. The van der Waals surface area contributed by atoms with E-state index in [9.17, 15) is 18.0 Å². The molecular weight excluding hydrogens is 663 g/mol. The summed E-state index contributed by atoms with van der Waals surface area (Å²) in [7, 11) is -2.81. The molecule has 1 amide bonds. The van der Waals surface area contributed by atoms with Crippen LogP contribution in [0, 0.1) is 6.92 Å². The van der Waals surface area contributed by atoms with Gasteiger partial charge in [-0.25, -0.2) is 22.0 Å². The van der Waals surface area contributed by atoms with Gasteiger partial charge in [0.05, 0.1) is 29.8 Å². The number of fused-ring (bicyclic) bond motifs is 4. The minimum atomic E-state index is -4.30. The van der Waals surface area contributed by atoms with Gasteiger partial charge in [0.2, 0.25) is 5.54 Å². The Kier molecular flexibility index (Phi) is 9.23. The van der Waals surface area contributed by atoms with Crippen molar-refractivity contribution in [1.82, 2.24) is 9.29 Å². The molecule has 4 aromatic carbocycles. The first-order valence-electron chi connectivity index (χ1n) is 13.6. The van der Waals surface area contributed by atoms with Gasteiger partial charge in [0.25, 0.3) is 10.0 Å². The fourth-order valence-electron chi connectivity index (χ4n) is 5.38. The molecule has 0 saturated heterocycles. The van der Waals surface area contributed by atoms with Crippen LogP contribution in [0.4, 0.5) is 4.79 Å². The molecule has 0 radical (unpaired) electrons. The molecule has 1 atom stereocenters. The predicted molar refractivity (Wildman–Crippen MR) is 174 cm³/mol. The second-order valence-corrected chi connectivity index (χ2v) is 13.7. The summed E-state index contributed by atoms with van der Waals surface area (Å²) >= 11 is 14.4. The fraction of sp³-hybridized carbons (Fsp3) is 0.188. The third-order valence-electron chi connectivity index (χ3n) is 7.26. The molecule has 0 fully saturated rings. The zero-order valence-corrected chi connectivity index (χ0v) is 27.3. The number of rotatable bonds is 6. The summed E-state index contributed by atoms with van der Waals surface area (Å²) in [6, 6.07) is 23.5. The van der Waals surface area contributed by atoms with E-state index >= 15 is 0 Å². The molecule has 234 valence electrons. The Morgan fingerprint density at radius 2 is 1.60 bits per heavy atom. The van der Waals surface area contributed by atoms with Gasteiger partial charge in [0.15, 0.2) is 4.30 Å². The molecule has 5 aromatic rings.